The van der Waals surface area contributed by atoms with E-state index in [0.29, 0.717) is 0 Å². The van der Waals surface area contributed by atoms with Crippen molar-refractivity contribution in [3.63, 3.8) is 0 Å². The second kappa shape index (κ2) is 7.47. The van der Waals surface area contributed by atoms with Crippen molar-refractivity contribution in [3.8, 4) is 5.75 Å². The Hall–Kier alpha value is -3.36. The van der Waals surface area contributed by atoms with Crippen LogP contribution < -0.4 is 4.74 Å². The molecule has 1 aliphatic heterocycles. The first-order chi connectivity index (χ1) is 14.7. The summed E-state index contributed by atoms with van der Waals surface area (Å²) in [6, 6.07) is 36.5. The molecular formula is C28H24O2. The Morgan fingerprint density at radius 3 is 1.90 bits per heavy atom. The van der Waals surface area contributed by atoms with Gasteiger partial charge in [0.05, 0.1) is 5.92 Å². The summed E-state index contributed by atoms with van der Waals surface area (Å²) in [6.07, 6.45) is -0.325. The summed E-state index contributed by atoms with van der Waals surface area (Å²) in [4.78, 5) is 0. The molecule has 0 radical (unpaired) electrons. The third-order valence-electron chi connectivity index (χ3n) is 6.05. The predicted molar refractivity (Wildman–Crippen MR) is 120 cm³/mol. The number of hydrogen-bond donors (Lipinski definition) is 1. The lowest BCUT2D eigenvalue weighted by Crippen LogP contribution is -2.43. The van der Waals surface area contributed by atoms with Gasteiger partial charge < -0.3 is 9.84 Å². The summed E-state index contributed by atoms with van der Waals surface area (Å²) in [6.45, 7) is 2.05. The number of rotatable bonds is 3. The van der Waals surface area contributed by atoms with Gasteiger partial charge in [0.1, 0.15) is 17.5 Å². The van der Waals surface area contributed by atoms with E-state index >= 15 is 0 Å². The van der Waals surface area contributed by atoms with E-state index in [1.54, 1.807) is 0 Å². The van der Waals surface area contributed by atoms with E-state index in [-0.39, 0.29) is 12.0 Å². The Kier molecular flexibility index (Phi) is 4.65. The topological polar surface area (TPSA) is 29.5 Å². The Bertz CT molecular complexity index is 1140. The van der Waals surface area contributed by atoms with Gasteiger partial charge in [-0.3, -0.25) is 0 Å². The van der Waals surface area contributed by atoms with Gasteiger partial charge in [0.15, 0.2) is 0 Å². The van der Waals surface area contributed by atoms with Gasteiger partial charge in [-0.05, 0) is 35.7 Å². The summed E-state index contributed by atoms with van der Waals surface area (Å²) >= 11 is 0. The van der Waals surface area contributed by atoms with Crippen LogP contribution in [0.15, 0.2) is 109 Å². The summed E-state index contributed by atoms with van der Waals surface area (Å²) in [5.41, 5.74) is 3.64. The van der Waals surface area contributed by atoms with Crippen molar-refractivity contribution in [2.75, 3.05) is 0 Å². The molecule has 0 fully saturated rings. The maximum Gasteiger partial charge on any atom is 0.134 e. The zero-order valence-corrected chi connectivity index (χ0v) is 16.9. The standard InChI is InChI=1S/C28H24O2/c1-20-17-18-25-24(19-20)28(29,23-15-9-4-10-16-23)26(21-11-5-2-6-12-21)27(30-25)22-13-7-3-8-14-22/h2-19,26-27,29H,1H3/t26-,27-,28-/m0/s1. The zero-order chi connectivity index (χ0) is 20.6. The molecule has 4 aromatic rings. The fourth-order valence-corrected chi connectivity index (χ4v) is 4.64. The van der Waals surface area contributed by atoms with Gasteiger partial charge in [-0.15, -0.1) is 0 Å². The number of fused-ring (bicyclic) bond motifs is 1. The van der Waals surface area contributed by atoms with Crippen molar-refractivity contribution >= 4 is 0 Å². The normalized spacial score (nSPS) is 22.7. The second-order valence-electron chi connectivity index (χ2n) is 7.97. The van der Waals surface area contributed by atoms with Crippen LogP contribution in [0.4, 0.5) is 0 Å². The third-order valence-corrected chi connectivity index (χ3v) is 6.05. The maximum atomic E-state index is 12.6. The molecule has 0 aromatic heterocycles. The molecular weight excluding hydrogens is 368 g/mol. The lowest BCUT2D eigenvalue weighted by Gasteiger charge is -2.46. The fraction of sp³-hybridized carbons (Fsp3) is 0.143. The summed E-state index contributed by atoms with van der Waals surface area (Å²) in [7, 11) is 0. The minimum atomic E-state index is -1.23. The van der Waals surface area contributed by atoms with Crippen molar-refractivity contribution in [1.29, 1.82) is 0 Å². The zero-order valence-electron chi connectivity index (χ0n) is 16.9. The second-order valence-corrected chi connectivity index (χ2v) is 7.97. The molecule has 1 heterocycles. The molecule has 0 aliphatic carbocycles. The summed E-state index contributed by atoms with van der Waals surface area (Å²) in [5, 5.41) is 12.6. The molecule has 3 atom stereocenters. The number of aliphatic hydroxyl groups is 1. The molecule has 0 bridgehead atoms. The Morgan fingerprint density at radius 1 is 0.700 bits per heavy atom. The number of aryl methyl sites for hydroxylation is 1. The highest BCUT2D eigenvalue weighted by molar-refractivity contribution is 5.53. The van der Waals surface area contributed by atoms with Crippen LogP contribution in [-0.2, 0) is 5.60 Å². The molecule has 30 heavy (non-hydrogen) atoms. The van der Waals surface area contributed by atoms with Gasteiger partial charge in [0, 0.05) is 5.56 Å². The van der Waals surface area contributed by atoms with Gasteiger partial charge in [0.2, 0.25) is 0 Å². The summed E-state index contributed by atoms with van der Waals surface area (Å²) in [5.74, 6) is 0.422. The van der Waals surface area contributed by atoms with Crippen molar-refractivity contribution < 1.29 is 9.84 Å². The molecule has 4 aromatic carbocycles. The SMILES string of the molecule is Cc1ccc2c(c1)[C@@](O)(c1ccccc1)[C@@H](c1ccccc1)[C@H](c1ccccc1)O2. The van der Waals surface area contributed by atoms with Crippen molar-refractivity contribution in [1.82, 2.24) is 0 Å². The van der Waals surface area contributed by atoms with E-state index in [2.05, 4.69) is 30.3 Å². The molecule has 0 saturated carbocycles. The Balaban J connectivity index is 1.83. The number of hydrogen-bond acceptors (Lipinski definition) is 2. The first-order valence-corrected chi connectivity index (χ1v) is 10.3. The average molecular weight is 392 g/mol. The highest BCUT2D eigenvalue weighted by atomic mass is 16.5. The monoisotopic (exact) mass is 392 g/mol. The Morgan fingerprint density at radius 2 is 1.27 bits per heavy atom. The van der Waals surface area contributed by atoms with Crippen molar-refractivity contribution in [3.05, 3.63) is 137 Å². The largest absolute Gasteiger partial charge is 0.485 e. The van der Waals surface area contributed by atoms with Crippen LogP contribution in [0.25, 0.3) is 0 Å². The number of ether oxygens (including phenoxy) is 1. The molecule has 5 rings (SSSR count). The third kappa shape index (κ3) is 3.01. The average Bonchev–Trinajstić information content (AvgIpc) is 2.81. The van der Waals surface area contributed by atoms with Gasteiger partial charge >= 0.3 is 0 Å². The minimum Gasteiger partial charge on any atom is -0.485 e. The first kappa shape index (κ1) is 18.7. The van der Waals surface area contributed by atoms with E-state index in [4.69, 9.17) is 4.74 Å². The van der Waals surface area contributed by atoms with Crippen LogP contribution in [0.3, 0.4) is 0 Å². The molecule has 1 N–H and O–H groups in total. The fourth-order valence-electron chi connectivity index (χ4n) is 4.64. The molecule has 2 nitrogen and oxygen atoms in total. The van der Waals surface area contributed by atoms with Crippen LogP contribution in [0.5, 0.6) is 5.75 Å². The van der Waals surface area contributed by atoms with Crippen LogP contribution in [0.2, 0.25) is 0 Å². The van der Waals surface area contributed by atoms with Crippen LogP contribution >= 0.6 is 0 Å². The molecule has 2 heteroatoms. The molecule has 0 amide bonds. The first-order valence-electron chi connectivity index (χ1n) is 10.3. The molecule has 1 aliphatic rings. The van der Waals surface area contributed by atoms with Gasteiger partial charge in [-0.2, -0.15) is 0 Å². The predicted octanol–water partition coefficient (Wildman–Crippen LogP) is 6.15. The van der Waals surface area contributed by atoms with Gasteiger partial charge in [-0.1, -0.05) is 103 Å². The highest BCUT2D eigenvalue weighted by Gasteiger charge is 2.51. The summed E-state index contributed by atoms with van der Waals surface area (Å²) < 4.78 is 6.60. The Labute approximate surface area is 177 Å². The van der Waals surface area contributed by atoms with Gasteiger partial charge in [-0.25, -0.2) is 0 Å². The van der Waals surface area contributed by atoms with E-state index < -0.39 is 5.60 Å². The lowest BCUT2D eigenvalue weighted by atomic mass is 9.67. The van der Waals surface area contributed by atoms with Crippen molar-refractivity contribution in [2.24, 2.45) is 0 Å². The highest BCUT2D eigenvalue weighted by Crippen LogP contribution is 2.56. The lowest BCUT2D eigenvalue weighted by molar-refractivity contribution is -0.0258. The smallest absolute Gasteiger partial charge is 0.134 e. The van der Waals surface area contributed by atoms with E-state index in [0.717, 1.165) is 33.6 Å². The minimum absolute atomic E-state index is 0.308. The van der Waals surface area contributed by atoms with Crippen LogP contribution in [-0.4, -0.2) is 5.11 Å². The number of benzene rings is 4. The maximum absolute atomic E-state index is 12.6. The van der Waals surface area contributed by atoms with Crippen LogP contribution in [0.1, 0.15) is 39.8 Å². The molecule has 0 spiro atoms. The van der Waals surface area contributed by atoms with Gasteiger partial charge in [0.25, 0.3) is 0 Å². The molecule has 0 unspecified atom stereocenters. The van der Waals surface area contributed by atoms with Crippen LogP contribution in [0, 0.1) is 6.92 Å². The van der Waals surface area contributed by atoms with E-state index in [9.17, 15) is 5.11 Å². The van der Waals surface area contributed by atoms with E-state index in [1.165, 1.54) is 0 Å². The van der Waals surface area contributed by atoms with E-state index in [1.807, 2.05) is 85.8 Å². The van der Waals surface area contributed by atoms with Crippen molar-refractivity contribution in [2.45, 2.75) is 24.5 Å². The quantitative estimate of drug-likeness (QED) is 0.453. The molecule has 148 valence electrons. The molecule has 0 saturated heterocycles.